The average molecular weight is 556 g/mol. The first-order chi connectivity index (χ1) is 18.1. The van der Waals surface area contributed by atoms with E-state index < -0.39 is 27.7 Å². The maximum absolute atomic E-state index is 13.6. The van der Waals surface area contributed by atoms with Crippen LogP contribution in [-0.4, -0.2) is 29.2 Å². The van der Waals surface area contributed by atoms with Gasteiger partial charge in [-0.25, -0.2) is 17.2 Å². The zero-order valence-electron chi connectivity index (χ0n) is 21.7. The van der Waals surface area contributed by atoms with Crippen LogP contribution in [0.3, 0.4) is 0 Å². The van der Waals surface area contributed by atoms with Gasteiger partial charge >= 0.3 is 12.1 Å². The summed E-state index contributed by atoms with van der Waals surface area (Å²) in [5.74, 6) is -1.47. The van der Waals surface area contributed by atoms with Gasteiger partial charge in [-0.05, 0) is 58.5 Å². The Labute approximate surface area is 225 Å². The summed E-state index contributed by atoms with van der Waals surface area (Å²) in [5.41, 5.74) is 2.09. The first-order valence-electron chi connectivity index (χ1n) is 12.2. The molecule has 0 spiro atoms. The summed E-state index contributed by atoms with van der Waals surface area (Å²) in [5, 5.41) is 9.29. The molecule has 0 atom stereocenters. The summed E-state index contributed by atoms with van der Waals surface area (Å²) >= 11 is 0. The molecule has 1 heterocycles. The summed E-state index contributed by atoms with van der Waals surface area (Å²) in [6, 6.07) is 18.1. The Morgan fingerprint density at radius 2 is 1.62 bits per heavy atom. The van der Waals surface area contributed by atoms with Gasteiger partial charge in [-0.15, -0.1) is 0 Å². The van der Waals surface area contributed by atoms with E-state index in [1.807, 2.05) is 24.3 Å². The van der Waals surface area contributed by atoms with Crippen molar-refractivity contribution in [2.75, 3.05) is 5.75 Å². The second kappa shape index (κ2) is 10.4. The summed E-state index contributed by atoms with van der Waals surface area (Å²) < 4.78 is 68.3. The van der Waals surface area contributed by atoms with Crippen molar-refractivity contribution >= 4 is 33.0 Å². The standard InChI is InChI=1S/C30H28F3NO4S/c1-29(2,3)24-8-4-6-20(16-24)7-5-15-39(37,38)34-26(17-21-9-11-22(12-10-21)28(35)36)19-23-18-25(30(31,32)33)13-14-27(23)34/h4-14,16,18-19H,15,17H2,1-3H3,(H,35,36). The summed E-state index contributed by atoms with van der Waals surface area (Å²) in [6.45, 7) is 6.25. The third-order valence-electron chi connectivity index (χ3n) is 6.39. The van der Waals surface area contributed by atoms with Gasteiger partial charge in [-0.2, -0.15) is 13.2 Å². The molecule has 204 valence electrons. The SMILES string of the molecule is CC(C)(C)c1cccc(C=CCS(=O)(=O)n2c(Cc3ccc(C(=O)O)cc3)cc3cc(C(F)(F)F)ccc32)c1. The molecule has 0 saturated heterocycles. The van der Waals surface area contributed by atoms with Gasteiger partial charge in [-0.1, -0.05) is 69.3 Å². The Hall–Kier alpha value is -3.85. The van der Waals surface area contributed by atoms with E-state index in [1.54, 1.807) is 18.2 Å². The quantitative estimate of drug-likeness (QED) is 0.263. The van der Waals surface area contributed by atoms with Crippen LogP contribution in [0.1, 0.15) is 59.1 Å². The lowest BCUT2D eigenvalue weighted by molar-refractivity contribution is -0.137. The second-order valence-corrected chi connectivity index (χ2v) is 12.3. The lowest BCUT2D eigenvalue weighted by atomic mass is 9.86. The zero-order chi connectivity index (χ0) is 28.6. The van der Waals surface area contributed by atoms with Crippen LogP contribution < -0.4 is 0 Å². The molecule has 0 aliphatic heterocycles. The highest BCUT2D eigenvalue weighted by Crippen LogP contribution is 2.33. The number of aromatic carboxylic acids is 1. The number of rotatable bonds is 7. The van der Waals surface area contributed by atoms with E-state index in [1.165, 1.54) is 30.3 Å². The van der Waals surface area contributed by atoms with Crippen molar-refractivity contribution in [3.05, 3.63) is 112 Å². The van der Waals surface area contributed by atoms with Gasteiger partial charge < -0.3 is 5.11 Å². The minimum Gasteiger partial charge on any atom is -0.478 e. The smallest absolute Gasteiger partial charge is 0.416 e. The molecule has 0 fully saturated rings. The van der Waals surface area contributed by atoms with Gasteiger partial charge in [-0.3, -0.25) is 0 Å². The van der Waals surface area contributed by atoms with Crippen molar-refractivity contribution in [3.8, 4) is 0 Å². The minimum atomic E-state index is -4.58. The van der Waals surface area contributed by atoms with E-state index in [4.69, 9.17) is 5.11 Å². The van der Waals surface area contributed by atoms with Gasteiger partial charge in [0.1, 0.15) is 0 Å². The highest BCUT2D eigenvalue weighted by Gasteiger charge is 2.31. The lowest BCUT2D eigenvalue weighted by Crippen LogP contribution is -2.18. The summed E-state index contributed by atoms with van der Waals surface area (Å²) in [6.07, 6.45) is -1.26. The van der Waals surface area contributed by atoms with E-state index in [-0.39, 0.29) is 39.7 Å². The molecule has 0 amide bonds. The first kappa shape index (κ1) is 28.2. The number of hydrogen-bond acceptors (Lipinski definition) is 3. The van der Waals surface area contributed by atoms with Crippen LogP contribution >= 0.6 is 0 Å². The molecule has 3 aromatic carbocycles. The van der Waals surface area contributed by atoms with Gasteiger partial charge in [0.25, 0.3) is 0 Å². The first-order valence-corrected chi connectivity index (χ1v) is 13.8. The number of alkyl halides is 3. The Balaban J connectivity index is 1.73. The molecule has 1 N–H and O–H groups in total. The molecular weight excluding hydrogens is 527 g/mol. The van der Waals surface area contributed by atoms with Crippen molar-refractivity contribution in [2.24, 2.45) is 0 Å². The summed E-state index contributed by atoms with van der Waals surface area (Å²) in [4.78, 5) is 11.2. The average Bonchev–Trinajstić information content (AvgIpc) is 3.21. The zero-order valence-corrected chi connectivity index (χ0v) is 22.5. The monoisotopic (exact) mass is 555 g/mol. The van der Waals surface area contributed by atoms with Crippen LogP contribution in [0.2, 0.25) is 0 Å². The van der Waals surface area contributed by atoms with Crippen LogP contribution in [0, 0.1) is 0 Å². The molecule has 39 heavy (non-hydrogen) atoms. The summed E-state index contributed by atoms with van der Waals surface area (Å²) in [7, 11) is -4.02. The minimum absolute atomic E-state index is 0.0717. The van der Waals surface area contributed by atoms with E-state index in [9.17, 15) is 26.4 Å². The van der Waals surface area contributed by atoms with Gasteiger partial charge in [0.05, 0.1) is 22.4 Å². The maximum atomic E-state index is 13.6. The van der Waals surface area contributed by atoms with Crippen LogP contribution in [0.5, 0.6) is 0 Å². The number of halogens is 3. The molecule has 0 unspecified atom stereocenters. The molecular formula is C30H28F3NO4S. The number of carbonyl (C=O) groups is 1. The van der Waals surface area contributed by atoms with Crippen molar-refractivity contribution in [1.29, 1.82) is 0 Å². The molecule has 0 bridgehead atoms. The van der Waals surface area contributed by atoms with Crippen LogP contribution in [0.15, 0.2) is 78.9 Å². The Bertz CT molecular complexity index is 1660. The lowest BCUT2D eigenvalue weighted by Gasteiger charge is -2.19. The Morgan fingerprint density at radius 3 is 2.23 bits per heavy atom. The molecule has 5 nitrogen and oxygen atoms in total. The maximum Gasteiger partial charge on any atom is 0.416 e. The molecule has 0 radical (unpaired) electrons. The van der Waals surface area contributed by atoms with E-state index in [0.717, 1.165) is 27.2 Å². The predicted octanol–water partition coefficient (Wildman–Crippen LogP) is 7.14. The van der Waals surface area contributed by atoms with E-state index >= 15 is 0 Å². The fourth-order valence-corrected chi connectivity index (χ4v) is 5.77. The topological polar surface area (TPSA) is 76.4 Å². The van der Waals surface area contributed by atoms with Gasteiger partial charge in [0.2, 0.25) is 10.0 Å². The molecule has 4 rings (SSSR count). The molecule has 0 aliphatic rings. The number of carboxylic acids is 1. The number of benzene rings is 3. The van der Waals surface area contributed by atoms with E-state index in [2.05, 4.69) is 20.8 Å². The Morgan fingerprint density at radius 1 is 0.923 bits per heavy atom. The Kier molecular flexibility index (Phi) is 7.49. The molecule has 0 saturated carbocycles. The van der Waals surface area contributed by atoms with Gasteiger partial charge in [0, 0.05) is 17.5 Å². The highest BCUT2D eigenvalue weighted by atomic mass is 32.2. The fourth-order valence-electron chi connectivity index (χ4n) is 4.34. The third-order valence-corrected chi connectivity index (χ3v) is 7.99. The molecule has 9 heteroatoms. The predicted molar refractivity (Wildman–Crippen MR) is 147 cm³/mol. The normalized spacial score (nSPS) is 12.9. The molecule has 0 aliphatic carbocycles. The largest absolute Gasteiger partial charge is 0.478 e. The van der Waals surface area contributed by atoms with Crippen molar-refractivity contribution in [2.45, 2.75) is 38.8 Å². The number of carboxylic acid groups (broad SMARTS) is 1. The number of fused-ring (bicyclic) bond motifs is 1. The van der Waals surface area contributed by atoms with Crippen molar-refractivity contribution in [3.63, 3.8) is 0 Å². The van der Waals surface area contributed by atoms with Crippen LogP contribution in [0.25, 0.3) is 17.0 Å². The van der Waals surface area contributed by atoms with Crippen LogP contribution in [-0.2, 0) is 28.0 Å². The third kappa shape index (κ3) is 6.42. The van der Waals surface area contributed by atoms with Gasteiger partial charge in [0.15, 0.2) is 0 Å². The van der Waals surface area contributed by atoms with Crippen molar-refractivity contribution in [1.82, 2.24) is 3.97 Å². The number of aromatic nitrogens is 1. The van der Waals surface area contributed by atoms with Crippen molar-refractivity contribution < 1.29 is 31.5 Å². The van der Waals surface area contributed by atoms with E-state index in [0.29, 0.717) is 5.56 Å². The highest BCUT2D eigenvalue weighted by molar-refractivity contribution is 7.90. The fraction of sp³-hybridized carbons (Fsp3) is 0.233. The molecule has 1 aromatic heterocycles. The second-order valence-electron chi connectivity index (χ2n) is 10.4. The number of nitrogens with zero attached hydrogens (tertiary/aromatic N) is 1. The molecule has 4 aromatic rings. The van der Waals surface area contributed by atoms with Crippen LogP contribution in [0.4, 0.5) is 13.2 Å². The number of hydrogen-bond donors (Lipinski definition) is 1.